The fourth-order valence-electron chi connectivity index (χ4n) is 7.51. The Balaban J connectivity index is 1.19. The molecule has 246 valence electrons. The second kappa shape index (κ2) is 12.8. The van der Waals surface area contributed by atoms with E-state index in [9.17, 15) is 13.2 Å². The summed E-state index contributed by atoms with van der Waals surface area (Å²) < 4.78 is 69.0. The lowest BCUT2D eigenvalue weighted by atomic mass is 9.97. The molecule has 1 aliphatic heterocycles. The first-order chi connectivity index (χ1) is 22.6. The van der Waals surface area contributed by atoms with Crippen LogP contribution in [0.1, 0.15) is 56.9 Å². The van der Waals surface area contributed by atoms with Crippen molar-refractivity contribution in [2.24, 2.45) is 5.92 Å². The number of hydrogen-bond acceptors (Lipinski definition) is 4. The van der Waals surface area contributed by atoms with Gasteiger partial charge in [-0.2, -0.15) is 13.5 Å². The number of halogens is 3. The summed E-state index contributed by atoms with van der Waals surface area (Å²) in [5.41, 5.74) is 1.02. The van der Waals surface area contributed by atoms with E-state index in [-0.39, 0.29) is 23.0 Å². The molecule has 4 aromatic carbocycles. The van der Waals surface area contributed by atoms with E-state index in [2.05, 4.69) is 4.72 Å². The van der Waals surface area contributed by atoms with Gasteiger partial charge in [0.15, 0.2) is 6.04 Å². The van der Waals surface area contributed by atoms with Gasteiger partial charge < -0.3 is 9.64 Å². The highest BCUT2D eigenvalue weighted by atomic mass is 35.5. The van der Waals surface area contributed by atoms with Gasteiger partial charge in [-0.3, -0.25) is 4.79 Å². The first-order valence-corrected chi connectivity index (χ1v) is 18.2. The third-order valence-electron chi connectivity index (χ3n) is 10.1. The molecule has 0 bridgehead atoms. The summed E-state index contributed by atoms with van der Waals surface area (Å²) in [4.78, 5) is 15.3. The van der Waals surface area contributed by atoms with Crippen molar-refractivity contribution in [2.45, 2.75) is 80.4 Å². The second-order valence-electron chi connectivity index (χ2n) is 13.0. The predicted octanol–water partition coefficient (Wildman–Crippen LogP) is 8.32. The summed E-state index contributed by atoms with van der Waals surface area (Å²) in [5.74, 6) is -3.78. The van der Waals surface area contributed by atoms with E-state index in [0.717, 1.165) is 62.3 Å². The van der Waals surface area contributed by atoms with Crippen molar-refractivity contribution < 1.29 is 26.7 Å². The van der Waals surface area contributed by atoms with Crippen LogP contribution in [0.5, 0.6) is 5.75 Å². The van der Waals surface area contributed by atoms with Crippen LogP contribution in [0.4, 0.5) is 8.78 Å². The highest BCUT2D eigenvalue weighted by Gasteiger charge is 2.52. The predicted molar refractivity (Wildman–Crippen MR) is 179 cm³/mol. The van der Waals surface area contributed by atoms with Crippen LogP contribution in [-0.2, 0) is 20.7 Å². The number of nitrogens with one attached hydrogen (secondary N) is 1. The number of likely N-dealkylation sites (tertiary alicyclic amines) is 1. The van der Waals surface area contributed by atoms with Crippen molar-refractivity contribution in [3.05, 3.63) is 95.5 Å². The highest BCUT2D eigenvalue weighted by molar-refractivity contribution is 7.89. The molecule has 1 saturated heterocycles. The zero-order valence-corrected chi connectivity index (χ0v) is 27.5. The van der Waals surface area contributed by atoms with Crippen LogP contribution in [0.3, 0.4) is 0 Å². The molecule has 1 amide bonds. The number of nitrogens with zero attached hydrogens (tertiary/aromatic N) is 1. The molecular formula is C37H37ClF2N2O4S. The van der Waals surface area contributed by atoms with E-state index in [4.69, 9.17) is 16.3 Å². The maximum atomic E-state index is 16.6. The molecule has 4 aromatic rings. The van der Waals surface area contributed by atoms with Crippen molar-refractivity contribution in [1.82, 2.24) is 9.62 Å². The summed E-state index contributed by atoms with van der Waals surface area (Å²) >= 11 is 6.00. The molecule has 2 aliphatic carbocycles. The normalized spacial score (nSPS) is 20.9. The Morgan fingerprint density at radius 2 is 1.49 bits per heavy atom. The van der Waals surface area contributed by atoms with Gasteiger partial charge in [-0.15, -0.1) is 0 Å². The monoisotopic (exact) mass is 678 g/mol. The summed E-state index contributed by atoms with van der Waals surface area (Å²) in [5, 5.41) is 1.94. The number of carbonyl (C=O) groups excluding carboxylic acids is 1. The number of rotatable bonds is 9. The zero-order valence-electron chi connectivity index (χ0n) is 25.9. The molecule has 0 aromatic heterocycles. The van der Waals surface area contributed by atoms with Gasteiger partial charge in [-0.05, 0) is 109 Å². The Hall–Kier alpha value is -3.53. The highest BCUT2D eigenvalue weighted by Crippen LogP contribution is 2.41. The molecule has 2 saturated carbocycles. The topological polar surface area (TPSA) is 75.7 Å². The van der Waals surface area contributed by atoms with Gasteiger partial charge in [-0.25, -0.2) is 8.42 Å². The molecule has 7 rings (SSSR count). The van der Waals surface area contributed by atoms with Crippen LogP contribution in [0.2, 0.25) is 5.02 Å². The van der Waals surface area contributed by atoms with E-state index in [0.29, 0.717) is 28.3 Å². The summed E-state index contributed by atoms with van der Waals surface area (Å²) in [6, 6.07) is 20.0. The van der Waals surface area contributed by atoms with Gasteiger partial charge in [0, 0.05) is 23.2 Å². The molecular weight excluding hydrogens is 642 g/mol. The van der Waals surface area contributed by atoms with Gasteiger partial charge in [0.05, 0.1) is 11.0 Å². The number of amides is 1. The van der Waals surface area contributed by atoms with Gasteiger partial charge in [-0.1, -0.05) is 66.6 Å². The van der Waals surface area contributed by atoms with Crippen molar-refractivity contribution in [1.29, 1.82) is 0 Å². The number of benzene rings is 4. The average molecular weight is 679 g/mol. The molecule has 3 atom stereocenters. The van der Waals surface area contributed by atoms with Crippen LogP contribution >= 0.6 is 11.6 Å². The minimum absolute atomic E-state index is 0.154. The standard InChI is InChI=1S/C37H37ClF2N2O4S/c38-30-16-10-25(11-17-30)24-8-14-29(15-9-24)37(39,40)35(36(43)42-21-20-26-4-3-7-34(26)42)41-47(44,45)33-19-13-27-22-32(18-12-28(27)23-33)46-31-5-1-2-6-31/h8-19,22-23,26,31,34-35,41H,1-7,20-21H2. The van der Waals surface area contributed by atoms with Gasteiger partial charge in [0.2, 0.25) is 15.9 Å². The third kappa shape index (κ3) is 6.50. The van der Waals surface area contributed by atoms with Crippen molar-refractivity contribution in [3.8, 4) is 16.9 Å². The molecule has 1 N–H and O–H groups in total. The largest absolute Gasteiger partial charge is 0.490 e. The maximum absolute atomic E-state index is 16.6. The smallest absolute Gasteiger partial charge is 0.298 e. The van der Waals surface area contributed by atoms with Crippen molar-refractivity contribution in [2.75, 3.05) is 6.54 Å². The number of carbonyl (C=O) groups is 1. The lowest BCUT2D eigenvalue weighted by Crippen LogP contribution is -2.57. The lowest BCUT2D eigenvalue weighted by Gasteiger charge is -2.33. The van der Waals surface area contributed by atoms with E-state index >= 15 is 8.78 Å². The number of ether oxygens (including phenoxy) is 1. The molecule has 3 fully saturated rings. The Labute approximate surface area is 279 Å². The molecule has 3 unspecified atom stereocenters. The van der Waals surface area contributed by atoms with Crippen LogP contribution in [-0.4, -0.2) is 44.0 Å². The molecule has 3 aliphatic rings. The van der Waals surface area contributed by atoms with E-state index in [1.165, 1.54) is 29.2 Å². The summed E-state index contributed by atoms with van der Waals surface area (Å²) in [7, 11) is -4.54. The molecule has 10 heteroatoms. The maximum Gasteiger partial charge on any atom is 0.298 e. The average Bonchev–Trinajstić information content (AvgIpc) is 3.84. The molecule has 47 heavy (non-hydrogen) atoms. The van der Waals surface area contributed by atoms with Gasteiger partial charge >= 0.3 is 0 Å². The quantitative estimate of drug-likeness (QED) is 0.193. The first kappa shape index (κ1) is 32.0. The fraction of sp³-hybridized carbons (Fsp3) is 0.378. The number of sulfonamides is 1. The Morgan fingerprint density at radius 3 is 2.21 bits per heavy atom. The minimum Gasteiger partial charge on any atom is -0.490 e. The minimum atomic E-state index is -4.54. The van der Waals surface area contributed by atoms with Gasteiger partial charge in [0.1, 0.15) is 5.75 Å². The van der Waals surface area contributed by atoms with Crippen LogP contribution < -0.4 is 9.46 Å². The first-order valence-electron chi connectivity index (χ1n) is 16.4. The number of alkyl halides is 2. The Bertz CT molecular complexity index is 1880. The van der Waals surface area contributed by atoms with Crippen LogP contribution in [0, 0.1) is 5.92 Å². The van der Waals surface area contributed by atoms with Crippen molar-refractivity contribution >= 4 is 38.3 Å². The van der Waals surface area contributed by atoms with Gasteiger partial charge in [0.25, 0.3) is 5.92 Å². The molecule has 0 spiro atoms. The van der Waals surface area contributed by atoms with Crippen LogP contribution in [0.25, 0.3) is 21.9 Å². The van der Waals surface area contributed by atoms with E-state index in [1.54, 1.807) is 54.6 Å². The molecule has 0 radical (unpaired) electrons. The summed E-state index contributed by atoms with van der Waals surface area (Å²) in [6.07, 6.45) is 7.80. The Kier molecular flexibility index (Phi) is 8.74. The fourth-order valence-corrected chi connectivity index (χ4v) is 8.86. The van der Waals surface area contributed by atoms with Crippen molar-refractivity contribution in [3.63, 3.8) is 0 Å². The Morgan fingerprint density at radius 1 is 0.830 bits per heavy atom. The second-order valence-corrected chi connectivity index (χ2v) is 15.2. The lowest BCUT2D eigenvalue weighted by molar-refractivity contribution is -0.145. The van der Waals surface area contributed by atoms with E-state index in [1.807, 2.05) is 6.07 Å². The summed E-state index contributed by atoms with van der Waals surface area (Å²) in [6.45, 7) is 0.333. The number of fused-ring (bicyclic) bond motifs is 2. The van der Waals surface area contributed by atoms with E-state index < -0.39 is 33.5 Å². The molecule has 1 heterocycles. The third-order valence-corrected chi connectivity index (χ3v) is 11.7. The SMILES string of the molecule is O=C(C(NS(=O)(=O)c1ccc2cc(OC3CCCC3)ccc2c1)C(F)(F)c1ccc(-c2ccc(Cl)cc2)cc1)N1CCC2CCCC21. The van der Waals surface area contributed by atoms with Crippen LogP contribution in [0.15, 0.2) is 89.8 Å². The number of hydrogen-bond donors (Lipinski definition) is 1. The zero-order chi connectivity index (χ0) is 32.8. The molecule has 6 nitrogen and oxygen atoms in total.